The molecule has 0 saturated heterocycles. The number of nitrogens with one attached hydrogen (secondary N) is 1. The third kappa shape index (κ3) is 4.86. The molecular formula is C11H19N3O2S. The molecule has 0 bridgehead atoms. The van der Waals surface area contributed by atoms with Crippen LogP contribution in [0.1, 0.15) is 19.4 Å². The van der Waals surface area contributed by atoms with Crippen LogP contribution in [0.3, 0.4) is 0 Å². The van der Waals surface area contributed by atoms with Crippen LogP contribution >= 0.6 is 0 Å². The summed E-state index contributed by atoms with van der Waals surface area (Å²) in [6.45, 7) is 5.88. The van der Waals surface area contributed by atoms with E-state index in [0.717, 1.165) is 5.56 Å². The average Bonchev–Trinajstić information content (AvgIpc) is 2.31. The molecule has 0 spiro atoms. The van der Waals surface area contributed by atoms with Crippen LogP contribution in [0.2, 0.25) is 0 Å². The first-order valence-electron chi connectivity index (χ1n) is 5.27. The van der Waals surface area contributed by atoms with Gasteiger partial charge in [0.1, 0.15) is 0 Å². The Bertz CT molecular complexity index is 464. The lowest BCUT2D eigenvalue weighted by atomic mass is 10.2. The first-order chi connectivity index (χ1) is 7.95. The predicted octanol–water partition coefficient (Wildman–Crippen LogP) is 1.24. The highest BCUT2D eigenvalue weighted by Gasteiger charge is 2.13. The molecule has 0 heterocycles. The standard InChI is InChI=1S/C9H13N3O2S.C2H6/c1-7-3-5-8(6-4-7)15(13,14)12-9(10)11-2;1-2/h3-6H,1-2H3,(H3,10,11,12);1-2H3. The van der Waals surface area contributed by atoms with E-state index in [2.05, 4.69) is 9.71 Å². The van der Waals surface area contributed by atoms with Crippen molar-refractivity contribution in [2.75, 3.05) is 7.05 Å². The smallest absolute Gasteiger partial charge is 0.264 e. The molecule has 5 nitrogen and oxygen atoms in total. The van der Waals surface area contributed by atoms with Gasteiger partial charge in [0.25, 0.3) is 10.0 Å². The number of aliphatic imine (C=N–C) groups is 1. The number of hydrogen-bond donors (Lipinski definition) is 2. The molecule has 0 radical (unpaired) electrons. The van der Waals surface area contributed by atoms with Crippen LogP contribution in [0.15, 0.2) is 34.2 Å². The van der Waals surface area contributed by atoms with Gasteiger partial charge < -0.3 is 5.73 Å². The van der Waals surface area contributed by atoms with Crippen molar-refractivity contribution in [2.45, 2.75) is 25.7 Å². The van der Waals surface area contributed by atoms with E-state index in [0.29, 0.717) is 0 Å². The van der Waals surface area contributed by atoms with Gasteiger partial charge in [0.05, 0.1) is 4.90 Å². The Balaban J connectivity index is 0.00000121. The van der Waals surface area contributed by atoms with Crippen LogP contribution in [0.4, 0.5) is 0 Å². The summed E-state index contributed by atoms with van der Waals surface area (Å²) in [5, 5.41) is 0. The Labute approximate surface area is 103 Å². The Kier molecular flexibility index (Phi) is 6.27. The van der Waals surface area contributed by atoms with E-state index < -0.39 is 10.0 Å². The van der Waals surface area contributed by atoms with E-state index in [-0.39, 0.29) is 10.9 Å². The number of aryl methyl sites for hydroxylation is 1. The zero-order valence-electron chi connectivity index (χ0n) is 10.6. The van der Waals surface area contributed by atoms with Gasteiger partial charge in [-0.3, -0.25) is 4.99 Å². The molecule has 0 aliphatic rings. The normalized spacial score (nSPS) is 11.4. The lowest BCUT2D eigenvalue weighted by molar-refractivity contribution is 0.592. The number of sulfonamides is 1. The molecule has 1 rings (SSSR count). The van der Waals surface area contributed by atoms with Crippen LogP contribution in [0, 0.1) is 6.92 Å². The maximum atomic E-state index is 11.6. The molecule has 0 aliphatic heterocycles. The number of guanidine groups is 1. The third-order valence-electron chi connectivity index (χ3n) is 1.81. The van der Waals surface area contributed by atoms with E-state index >= 15 is 0 Å². The first-order valence-corrected chi connectivity index (χ1v) is 6.76. The highest BCUT2D eigenvalue weighted by atomic mass is 32.2. The third-order valence-corrected chi connectivity index (χ3v) is 3.18. The maximum Gasteiger partial charge on any atom is 0.264 e. The fourth-order valence-electron chi connectivity index (χ4n) is 0.960. The molecule has 0 aliphatic carbocycles. The minimum atomic E-state index is -3.59. The number of rotatable bonds is 2. The largest absolute Gasteiger partial charge is 0.369 e. The fraction of sp³-hybridized carbons (Fsp3) is 0.364. The molecule has 17 heavy (non-hydrogen) atoms. The van der Waals surface area contributed by atoms with Gasteiger partial charge in [0, 0.05) is 7.05 Å². The molecule has 0 atom stereocenters. The van der Waals surface area contributed by atoms with E-state index in [4.69, 9.17) is 5.73 Å². The molecule has 1 aromatic carbocycles. The molecule has 1 aromatic rings. The second kappa shape index (κ2) is 6.90. The Hall–Kier alpha value is -1.56. The summed E-state index contributed by atoms with van der Waals surface area (Å²) >= 11 is 0. The number of nitrogens with zero attached hydrogens (tertiary/aromatic N) is 1. The average molecular weight is 257 g/mol. The summed E-state index contributed by atoms with van der Waals surface area (Å²) < 4.78 is 25.4. The van der Waals surface area contributed by atoms with Gasteiger partial charge >= 0.3 is 0 Å². The van der Waals surface area contributed by atoms with Crippen LogP contribution in [-0.4, -0.2) is 21.4 Å². The summed E-state index contributed by atoms with van der Waals surface area (Å²) in [5.74, 6) is -0.129. The molecule has 0 amide bonds. The van der Waals surface area contributed by atoms with E-state index in [1.807, 2.05) is 20.8 Å². The van der Waals surface area contributed by atoms with Gasteiger partial charge in [0.2, 0.25) is 5.96 Å². The van der Waals surface area contributed by atoms with Crippen molar-refractivity contribution in [1.29, 1.82) is 0 Å². The van der Waals surface area contributed by atoms with Crippen LogP contribution in [0.5, 0.6) is 0 Å². The lowest BCUT2D eigenvalue weighted by Gasteiger charge is -2.06. The van der Waals surface area contributed by atoms with Gasteiger partial charge in [-0.15, -0.1) is 0 Å². The first kappa shape index (κ1) is 15.4. The molecular weight excluding hydrogens is 238 g/mol. The topological polar surface area (TPSA) is 84.5 Å². The molecule has 3 N–H and O–H groups in total. The van der Waals surface area contributed by atoms with Gasteiger partial charge in [-0.1, -0.05) is 31.5 Å². The zero-order valence-corrected chi connectivity index (χ0v) is 11.4. The van der Waals surface area contributed by atoms with Crippen molar-refractivity contribution < 1.29 is 8.42 Å². The van der Waals surface area contributed by atoms with Crippen molar-refractivity contribution >= 4 is 16.0 Å². The monoisotopic (exact) mass is 257 g/mol. The van der Waals surface area contributed by atoms with Crippen molar-refractivity contribution in [1.82, 2.24) is 4.72 Å². The van der Waals surface area contributed by atoms with Crippen LogP contribution < -0.4 is 10.5 Å². The Morgan fingerprint density at radius 3 is 2.12 bits per heavy atom. The lowest BCUT2D eigenvalue weighted by Crippen LogP contribution is -2.36. The van der Waals surface area contributed by atoms with E-state index in [1.54, 1.807) is 12.1 Å². The van der Waals surface area contributed by atoms with Gasteiger partial charge in [-0.05, 0) is 19.1 Å². The second-order valence-electron chi connectivity index (χ2n) is 3.03. The fourth-order valence-corrected chi connectivity index (χ4v) is 1.94. The molecule has 0 aromatic heterocycles. The van der Waals surface area contributed by atoms with Crippen LogP contribution in [-0.2, 0) is 10.0 Å². The molecule has 0 saturated carbocycles. The molecule has 0 unspecified atom stereocenters. The number of nitrogens with two attached hydrogens (primary N) is 1. The highest BCUT2D eigenvalue weighted by molar-refractivity contribution is 7.90. The van der Waals surface area contributed by atoms with Gasteiger partial charge in [-0.25, -0.2) is 13.1 Å². The summed E-state index contributed by atoms with van der Waals surface area (Å²) in [5.41, 5.74) is 6.28. The van der Waals surface area contributed by atoms with E-state index in [9.17, 15) is 8.42 Å². The summed E-state index contributed by atoms with van der Waals surface area (Å²) in [6, 6.07) is 6.46. The highest BCUT2D eigenvalue weighted by Crippen LogP contribution is 2.09. The predicted molar refractivity (Wildman–Crippen MR) is 70.4 cm³/mol. The number of hydrogen-bond acceptors (Lipinski definition) is 3. The summed E-state index contributed by atoms with van der Waals surface area (Å²) in [4.78, 5) is 3.69. The SMILES string of the molecule is CC.CN=C(N)NS(=O)(=O)c1ccc(C)cc1. The van der Waals surface area contributed by atoms with E-state index in [1.165, 1.54) is 19.2 Å². The minimum Gasteiger partial charge on any atom is -0.369 e. The molecule has 0 fully saturated rings. The van der Waals surface area contributed by atoms with Crippen molar-refractivity contribution in [3.63, 3.8) is 0 Å². The van der Waals surface area contributed by atoms with Gasteiger partial charge in [-0.2, -0.15) is 0 Å². The Morgan fingerprint density at radius 2 is 1.71 bits per heavy atom. The maximum absolute atomic E-state index is 11.6. The van der Waals surface area contributed by atoms with Crippen molar-refractivity contribution in [3.8, 4) is 0 Å². The number of benzene rings is 1. The van der Waals surface area contributed by atoms with Crippen molar-refractivity contribution in [3.05, 3.63) is 29.8 Å². The summed E-state index contributed by atoms with van der Waals surface area (Å²) in [7, 11) is -2.18. The van der Waals surface area contributed by atoms with Crippen LogP contribution in [0.25, 0.3) is 0 Å². The summed E-state index contributed by atoms with van der Waals surface area (Å²) in [6.07, 6.45) is 0. The zero-order chi connectivity index (χ0) is 13.5. The quantitative estimate of drug-likeness (QED) is 0.617. The van der Waals surface area contributed by atoms with Crippen molar-refractivity contribution in [2.24, 2.45) is 10.7 Å². The Morgan fingerprint density at radius 1 is 1.24 bits per heavy atom. The molecule has 96 valence electrons. The second-order valence-corrected chi connectivity index (χ2v) is 4.71. The molecule has 6 heteroatoms. The van der Waals surface area contributed by atoms with Gasteiger partial charge in [0.15, 0.2) is 0 Å². The minimum absolute atomic E-state index is 0.129.